The van der Waals surface area contributed by atoms with Crippen molar-refractivity contribution in [2.45, 2.75) is 100.0 Å². The minimum atomic E-state index is -3.38. The van der Waals surface area contributed by atoms with Crippen LogP contribution in [0, 0.1) is 11.8 Å². The number of hydrogen-bond acceptors (Lipinski definition) is 6. The molecule has 8 heteroatoms. The van der Waals surface area contributed by atoms with Gasteiger partial charge < -0.3 is 19.3 Å². The van der Waals surface area contributed by atoms with Crippen LogP contribution in [0.3, 0.4) is 0 Å². The molecular formula is C23H39NO6S. The van der Waals surface area contributed by atoms with E-state index in [1.54, 1.807) is 0 Å². The zero-order valence-electron chi connectivity index (χ0n) is 18.5. The predicted octanol–water partition coefficient (Wildman–Crippen LogP) is 2.53. The molecule has 0 bridgehead atoms. The van der Waals surface area contributed by atoms with E-state index in [4.69, 9.17) is 14.2 Å². The maximum atomic E-state index is 12.8. The van der Waals surface area contributed by atoms with Crippen molar-refractivity contribution in [3.05, 3.63) is 12.7 Å². The molecule has 0 aromatic heterocycles. The molecule has 2 heterocycles. The van der Waals surface area contributed by atoms with Gasteiger partial charge in [-0.15, -0.1) is 6.58 Å². The van der Waals surface area contributed by atoms with Crippen molar-refractivity contribution in [1.82, 2.24) is 4.72 Å². The molecule has 2 aliphatic heterocycles. The van der Waals surface area contributed by atoms with Crippen LogP contribution in [0.4, 0.5) is 0 Å². The molecule has 0 spiro atoms. The lowest BCUT2D eigenvalue weighted by molar-refractivity contribution is -0.0943. The van der Waals surface area contributed by atoms with Gasteiger partial charge in [-0.25, -0.2) is 13.1 Å². The second-order valence-electron chi connectivity index (χ2n) is 9.83. The highest BCUT2D eigenvalue weighted by Crippen LogP contribution is 2.37. The Hall–Kier alpha value is -0.510. The molecule has 31 heavy (non-hydrogen) atoms. The van der Waals surface area contributed by atoms with Crippen molar-refractivity contribution >= 4 is 10.0 Å². The van der Waals surface area contributed by atoms with Gasteiger partial charge in [-0.2, -0.15) is 0 Å². The number of nitrogens with one attached hydrogen (secondary N) is 1. The fraction of sp³-hybridized carbons (Fsp3) is 0.913. The van der Waals surface area contributed by atoms with E-state index in [2.05, 4.69) is 11.3 Å². The highest BCUT2D eigenvalue weighted by molar-refractivity contribution is 7.90. The Morgan fingerprint density at radius 2 is 1.87 bits per heavy atom. The van der Waals surface area contributed by atoms with Crippen molar-refractivity contribution in [2.75, 3.05) is 19.8 Å². The molecule has 7 atom stereocenters. The molecule has 4 aliphatic rings. The van der Waals surface area contributed by atoms with E-state index in [0.717, 1.165) is 12.8 Å². The van der Waals surface area contributed by atoms with Crippen molar-refractivity contribution in [3.63, 3.8) is 0 Å². The number of sulfonamides is 1. The lowest BCUT2D eigenvalue weighted by Gasteiger charge is -2.28. The van der Waals surface area contributed by atoms with E-state index in [0.29, 0.717) is 31.8 Å². The maximum absolute atomic E-state index is 12.8. The SMILES string of the molecule is C=CC1CCCC(S(=O)(=O)NC[C@H]2C[C@@H]3O[C@H](CO)[C@@H](OCC4CCCCC4)[C@@H]3O2)C1. The first kappa shape index (κ1) is 23.6. The second-order valence-corrected chi connectivity index (χ2v) is 11.9. The van der Waals surface area contributed by atoms with Gasteiger partial charge in [-0.1, -0.05) is 31.8 Å². The molecule has 0 radical (unpaired) electrons. The van der Waals surface area contributed by atoms with Crippen LogP contribution in [-0.4, -0.2) is 69.1 Å². The summed E-state index contributed by atoms with van der Waals surface area (Å²) in [5.41, 5.74) is 0. The first-order valence-corrected chi connectivity index (χ1v) is 13.7. The molecular weight excluding hydrogens is 418 g/mol. The lowest BCUT2D eigenvalue weighted by atomic mass is 9.89. The van der Waals surface area contributed by atoms with E-state index in [9.17, 15) is 13.5 Å². The fourth-order valence-electron chi connectivity index (χ4n) is 5.78. The molecule has 0 aromatic carbocycles. The number of hydrogen-bond donors (Lipinski definition) is 2. The first-order chi connectivity index (χ1) is 15.0. The maximum Gasteiger partial charge on any atom is 0.214 e. The molecule has 178 valence electrons. The van der Waals surface area contributed by atoms with E-state index in [-0.39, 0.29) is 54.8 Å². The number of aliphatic hydroxyl groups is 1. The third-order valence-corrected chi connectivity index (χ3v) is 9.51. The monoisotopic (exact) mass is 457 g/mol. The molecule has 0 aromatic rings. The normalized spacial score (nSPS) is 39.5. The van der Waals surface area contributed by atoms with Crippen LogP contribution >= 0.6 is 0 Å². The van der Waals surface area contributed by atoms with Crippen LogP contribution in [0.1, 0.15) is 64.2 Å². The van der Waals surface area contributed by atoms with Gasteiger partial charge in [0.15, 0.2) is 0 Å². The fourth-order valence-corrected chi connectivity index (χ4v) is 7.41. The van der Waals surface area contributed by atoms with Gasteiger partial charge in [0.05, 0.1) is 30.7 Å². The molecule has 2 saturated heterocycles. The third-order valence-electron chi connectivity index (χ3n) is 7.63. The smallest absolute Gasteiger partial charge is 0.214 e. The summed E-state index contributed by atoms with van der Waals surface area (Å²) in [6.07, 6.45) is 10.7. The molecule has 7 nitrogen and oxygen atoms in total. The topological polar surface area (TPSA) is 94.1 Å². The number of rotatable bonds is 9. The van der Waals surface area contributed by atoms with Gasteiger partial charge in [-0.3, -0.25) is 0 Å². The molecule has 2 saturated carbocycles. The molecule has 2 unspecified atom stereocenters. The Morgan fingerprint density at radius 3 is 2.61 bits per heavy atom. The van der Waals surface area contributed by atoms with Gasteiger partial charge in [0.2, 0.25) is 10.0 Å². The Labute approximate surface area is 187 Å². The van der Waals surface area contributed by atoms with Crippen molar-refractivity contribution in [1.29, 1.82) is 0 Å². The van der Waals surface area contributed by atoms with Crippen LogP contribution in [-0.2, 0) is 24.2 Å². The number of allylic oxidation sites excluding steroid dienone is 1. The second kappa shape index (κ2) is 10.6. The van der Waals surface area contributed by atoms with Crippen LogP contribution in [0.15, 0.2) is 12.7 Å². The summed E-state index contributed by atoms with van der Waals surface area (Å²) in [7, 11) is -3.38. The average Bonchev–Trinajstić information content (AvgIpc) is 3.34. The average molecular weight is 458 g/mol. The summed E-state index contributed by atoms with van der Waals surface area (Å²) in [6.45, 7) is 4.68. The Bertz CT molecular complexity index is 694. The van der Waals surface area contributed by atoms with Gasteiger partial charge >= 0.3 is 0 Å². The van der Waals surface area contributed by atoms with Gasteiger partial charge in [-0.05, 0) is 43.9 Å². The lowest BCUT2D eigenvalue weighted by Crippen LogP contribution is -2.42. The largest absolute Gasteiger partial charge is 0.394 e. The Balaban J connectivity index is 1.28. The summed E-state index contributed by atoms with van der Waals surface area (Å²) in [6, 6.07) is 0. The minimum absolute atomic E-state index is 0.0882. The zero-order valence-corrected chi connectivity index (χ0v) is 19.3. The molecule has 0 amide bonds. The van der Waals surface area contributed by atoms with Crippen LogP contribution < -0.4 is 4.72 Å². The van der Waals surface area contributed by atoms with Crippen molar-refractivity contribution < 1.29 is 27.7 Å². The van der Waals surface area contributed by atoms with E-state index >= 15 is 0 Å². The summed E-state index contributed by atoms with van der Waals surface area (Å²) in [5.74, 6) is 0.856. The van der Waals surface area contributed by atoms with Gasteiger partial charge in [0.25, 0.3) is 0 Å². The highest BCUT2D eigenvalue weighted by atomic mass is 32.2. The van der Waals surface area contributed by atoms with E-state index in [1.807, 2.05) is 6.08 Å². The van der Waals surface area contributed by atoms with Gasteiger partial charge in [0.1, 0.15) is 18.3 Å². The molecule has 2 N–H and O–H groups in total. The zero-order chi connectivity index (χ0) is 21.8. The number of aliphatic hydroxyl groups excluding tert-OH is 1. The quantitative estimate of drug-likeness (QED) is 0.517. The Kier molecular flexibility index (Phi) is 8.09. The molecule has 2 aliphatic carbocycles. The standard InChI is InChI=1S/C23H39NO6S/c1-2-16-9-6-10-19(11-16)31(26,27)24-13-18-12-20-23(29-18)22(21(14-25)30-20)28-15-17-7-4-3-5-8-17/h2,16-25H,1,3-15H2/t16?,18-,19?,20+,21-,22-,23-/m1/s1. The van der Waals surface area contributed by atoms with Crippen molar-refractivity contribution in [2.24, 2.45) is 11.8 Å². The summed E-state index contributed by atoms with van der Waals surface area (Å²) in [5, 5.41) is 9.38. The van der Waals surface area contributed by atoms with Crippen LogP contribution in [0.25, 0.3) is 0 Å². The Morgan fingerprint density at radius 1 is 1.06 bits per heavy atom. The summed E-state index contributed by atoms with van der Waals surface area (Å²) < 4.78 is 46.8. The van der Waals surface area contributed by atoms with E-state index in [1.165, 1.54) is 32.1 Å². The predicted molar refractivity (Wildman–Crippen MR) is 118 cm³/mol. The molecule has 4 fully saturated rings. The summed E-state index contributed by atoms with van der Waals surface area (Å²) in [4.78, 5) is 0. The first-order valence-electron chi connectivity index (χ1n) is 12.1. The van der Waals surface area contributed by atoms with E-state index < -0.39 is 10.0 Å². The summed E-state index contributed by atoms with van der Waals surface area (Å²) >= 11 is 0. The van der Waals surface area contributed by atoms with Crippen LogP contribution in [0.2, 0.25) is 0 Å². The van der Waals surface area contributed by atoms with Crippen molar-refractivity contribution in [3.8, 4) is 0 Å². The number of ether oxygens (including phenoxy) is 3. The van der Waals surface area contributed by atoms with Gasteiger partial charge in [0, 0.05) is 13.0 Å². The minimum Gasteiger partial charge on any atom is -0.394 e. The van der Waals surface area contributed by atoms with Crippen LogP contribution in [0.5, 0.6) is 0 Å². The highest BCUT2D eigenvalue weighted by Gasteiger charge is 2.51. The third kappa shape index (κ3) is 5.71. The molecule has 4 rings (SSSR count). The number of fused-ring (bicyclic) bond motifs is 1.